The second kappa shape index (κ2) is 5.77. The van der Waals surface area contributed by atoms with E-state index in [9.17, 15) is 9.70 Å². The summed E-state index contributed by atoms with van der Waals surface area (Å²) in [7, 11) is 0. The molecule has 5 nitrogen and oxygen atoms in total. The first-order valence-electron chi connectivity index (χ1n) is 5.07. The van der Waals surface area contributed by atoms with Crippen LogP contribution >= 0.6 is 23.2 Å². The average molecular weight is 297 g/mol. The number of hydrogen-bond acceptors (Lipinski definition) is 5. The summed E-state index contributed by atoms with van der Waals surface area (Å²) in [4.78, 5) is 29.2. The maximum Gasteiger partial charge on any atom is 0.372 e. The fraction of sp³-hybridized carbons (Fsp3) is 0. The fourth-order valence-corrected chi connectivity index (χ4v) is 1.78. The summed E-state index contributed by atoms with van der Waals surface area (Å²) in [6.45, 7) is 0. The monoisotopic (exact) mass is 296 g/mol. The molecule has 0 atom stereocenters. The van der Waals surface area contributed by atoms with E-state index in [4.69, 9.17) is 23.2 Å². The molecule has 1 aromatic heterocycles. The maximum atomic E-state index is 11.4. The molecule has 0 saturated heterocycles. The molecule has 0 fully saturated rings. The first-order valence-corrected chi connectivity index (χ1v) is 5.83. The van der Waals surface area contributed by atoms with Gasteiger partial charge in [0.1, 0.15) is 10.7 Å². The normalized spacial score (nSPS) is 10.0. The SMILES string of the molecule is O=NOC(=O)c1cc(-c2ccc(Cl)cc2)cnc1Cl. The van der Waals surface area contributed by atoms with Gasteiger partial charge >= 0.3 is 5.97 Å². The smallest absolute Gasteiger partial charge is 0.279 e. The van der Waals surface area contributed by atoms with Crippen LogP contribution < -0.4 is 0 Å². The zero-order valence-corrected chi connectivity index (χ0v) is 10.9. The molecule has 19 heavy (non-hydrogen) atoms. The maximum absolute atomic E-state index is 11.4. The molecule has 1 heterocycles. The molecule has 7 heteroatoms. The number of hydrogen-bond donors (Lipinski definition) is 0. The molecular weight excluding hydrogens is 291 g/mol. The molecule has 0 unspecified atom stereocenters. The number of aromatic nitrogens is 1. The minimum Gasteiger partial charge on any atom is -0.279 e. The number of carbonyl (C=O) groups is 1. The van der Waals surface area contributed by atoms with Crippen molar-refractivity contribution in [2.24, 2.45) is 5.34 Å². The molecule has 2 aromatic rings. The second-order valence-corrected chi connectivity index (χ2v) is 4.32. The first kappa shape index (κ1) is 13.5. The van der Waals surface area contributed by atoms with E-state index in [2.05, 4.69) is 15.2 Å². The minimum atomic E-state index is -0.955. The quantitative estimate of drug-likeness (QED) is 0.489. The van der Waals surface area contributed by atoms with Crippen LogP contribution in [0.3, 0.4) is 0 Å². The third kappa shape index (κ3) is 3.07. The first-order chi connectivity index (χ1) is 9.11. The van der Waals surface area contributed by atoms with Crippen molar-refractivity contribution in [1.29, 1.82) is 0 Å². The third-order valence-corrected chi connectivity index (χ3v) is 2.91. The van der Waals surface area contributed by atoms with Gasteiger partial charge in [-0.1, -0.05) is 35.3 Å². The lowest BCUT2D eigenvalue weighted by atomic mass is 10.1. The van der Waals surface area contributed by atoms with E-state index in [1.165, 1.54) is 12.3 Å². The van der Waals surface area contributed by atoms with Gasteiger partial charge in [-0.05, 0) is 23.8 Å². The Hall–Kier alpha value is -1.98. The molecule has 0 saturated carbocycles. The van der Waals surface area contributed by atoms with Gasteiger partial charge in [0.15, 0.2) is 5.34 Å². The molecular formula is C12H6Cl2N2O3. The zero-order chi connectivity index (χ0) is 13.8. The summed E-state index contributed by atoms with van der Waals surface area (Å²) in [5.74, 6) is -0.955. The average Bonchev–Trinajstić information content (AvgIpc) is 2.40. The van der Waals surface area contributed by atoms with E-state index >= 15 is 0 Å². The molecule has 0 bridgehead atoms. The Balaban J connectivity index is 2.43. The van der Waals surface area contributed by atoms with Gasteiger partial charge in [-0.15, -0.1) is 4.91 Å². The molecule has 0 radical (unpaired) electrons. The van der Waals surface area contributed by atoms with Crippen molar-refractivity contribution in [2.75, 3.05) is 0 Å². The highest BCUT2D eigenvalue weighted by Gasteiger charge is 2.15. The Kier molecular flexibility index (Phi) is 4.09. The van der Waals surface area contributed by atoms with Crippen molar-refractivity contribution in [3.63, 3.8) is 0 Å². The van der Waals surface area contributed by atoms with Crippen molar-refractivity contribution in [3.05, 3.63) is 57.2 Å². The van der Waals surface area contributed by atoms with Gasteiger partial charge < -0.3 is 0 Å². The van der Waals surface area contributed by atoms with E-state index < -0.39 is 5.97 Å². The topological polar surface area (TPSA) is 68.6 Å². The third-order valence-electron chi connectivity index (χ3n) is 2.36. The standard InChI is InChI=1S/C12H6Cl2N2O3/c13-9-3-1-7(2-4-9)8-5-10(11(14)15-6-8)12(17)19-16-18/h1-6H. The Morgan fingerprint density at radius 3 is 2.47 bits per heavy atom. The summed E-state index contributed by atoms with van der Waals surface area (Å²) in [5, 5.41) is 2.59. The summed E-state index contributed by atoms with van der Waals surface area (Å²) in [6.07, 6.45) is 1.50. The molecule has 96 valence electrons. The summed E-state index contributed by atoms with van der Waals surface area (Å²) in [6, 6.07) is 8.40. The number of rotatable bonds is 3. The predicted molar refractivity (Wildman–Crippen MR) is 70.9 cm³/mol. The lowest BCUT2D eigenvalue weighted by Crippen LogP contribution is -2.02. The summed E-state index contributed by atoms with van der Waals surface area (Å²) < 4.78 is 0. The Morgan fingerprint density at radius 1 is 1.16 bits per heavy atom. The van der Waals surface area contributed by atoms with Gasteiger partial charge in [-0.3, -0.25) is 4.84 Å². The lowest BCUT2D eigenvalue weighted by Gasteiger charge is -2.04. The van der Waals surface area contributed by atoms with Crippen molar-refractivity contribution in [1.82, 2.24) is 4.98 Å². The predicted octanol–water partition coefficient (Wildman–Crippen LogP) is 3.89. The molecule has 2 rings (SSSR count). The van der Waals surface area contributed by atoms with Crippen LogP contribution in [0, 0.1) is 4.91 Å². The largest absolute Gasteiger partial charge is 0.372 e. The van der Waals surface area contributed by atoms with Crippen LogP contribution in [-0.2, 0) is 4.84 Å². The van der Waals surface area contributed by atoms with E-state index in [0.717, 1.165) is 5.56 Å². The second-order valence-electron chi connectivity index (χ2n) is 3.52. The summed E-state index contributed by atoms with van der Waals surface area (Å²) in [5.41, 5.74) is 1.40. The molecule has 0 amide bonds. The van der Waals surface area contributed by atoms with Crippen LogP contribution in [-0.4, -0.2) is 11.0 Å². The van der Waals surface area contributed by atoms with Crippen LogP contribution in [0.25, 0.3) is 11.1 Å². The Morgan fingerprint density at radius 2 is 1.84 bits per heavy atom. The molecule has 0 aliphatic rings. The number of halogens is 2. The van der Waals surface area contributed by atoms with Crippen molar-refractivity contribution in [2.45, 2.75) is 0 Å². The van der Waals surface area contributed by atoms with Crippen LogP contribution in [0.1, 0.15) is 10.4 Å². The van der Waals surface area contributed by atoms with E-state index in [1.54, 1.807) is 24.3 Å². The van der Waals surface area contributed by atoms with E-state index in [1.807, 2.05) is 0 Å². The number of pyridine rings is 1. The van der Waals surface area contributed by atoms with Crippen LogP contribution in [0.15, 0.2) is 41.9 Å². The minimum absolute atomic E-state index is 0.0336. The number of nitrogens with zero attached hydrogens (tertiary/aromatic N) is 2. The summed E-state index contributed by atoms with van der Waals surface area (Å²) >= 11 is 11.6. The van der Waals surface area contributed by atoms with Crippen LogP contribution in [0.5, 0.6) is 0 Å². The van der Waals surface area contributed by atoms with E-state index in [0.29, 0.717) is 10.6 Å². The van der Waals surface area contributed by atoms with E-state index in [-0.39, 0.29) is 10.7 Å². The van der Waals surface area contributed by atoms with Crippen LogP contribution in [0.2, 0.25) is 10.2 Å². The lowest BCUT2D eigenvalue weighted by molar-refractivity contribution is 0.0508. The molecule has 1 aromatic carbocycles. The molecule has 0 spiro atoms. The highest BCUT2D eigenvalue weighted by atomic mass is 35.5. The van der Waals surface area contributed by atoms with Gasteiger partial charge in [0.2, 0.25) is 0 Å². The van der Waals surface area contributed by atoms with Gasteiger partial charge in [-0.2, -0.15) is 0 Å². The highest BCUT2D eigenvalue weighted by Crippen LogP contribution is 2.25. The van der Waals surface area contributed by atoms with Gasteiger partial charge in [-0.25, -0.2) is 9.78 Å². The number of benzene rings is 1. The van der Waals surface area contributed by atoms with Crippen molar-refractivity contribution in [3.8, 4) is 11.1 Å². The van der Waals surface area contributed by atoms with Crippen molar-refractivity contribution >= 4 is 29.2 Å². The van der Waals surface area contributed by atoms with Gasteiger partial charge in [0.05, 0.1) is 0 Å². The zero-order valence-electron chi connectivity index (χ0n) is 9.34. The molecule has 0 aliphatic heterocycles. The van der Waals surface area contributed by atoms with Crippen LogP contribution in [0.4, 0.5) is 0 Å². The fourth-order valence-electron chi connectivity index (χ4n) is 1.47. The molecule has 0 aliphatic carbocycles. The van der Waals surface area contributed by atoms with Crippen molar-refractivity contribution < 1.29 is 9.63 Å². The number of carbonyl (C=O) groups excluding carboxylic acids is 1. The molecule has 0 N–H and O–H groups in total. The highest BCUT2D eigenvalue weighted by molar-refractivity contribution is 6.32. The van der Waals surface area contributed by atoms with Gasteiger partial charge in [0.25, 0.3) is 0 Å². The Labute approximate surface area is 118 Å². The van der Waals surface area contributed by atoms with Gasteiger partial charge in [0, 0.05) is 16.8 Å². The Bertz CT molecular complexity index is 629.